The first-order valence-electron chi connectivity index (χ1n) is 9.85. The number of benzene rings is 2. The van der Waals surface area contributed by atoms with Crippen molar-refractivity contribution in [1.82, 2.24) is 5.32 Å². The number of ketones is 1. The monoisotopic (exact) mass is 386 g/mol. The van der Waals surface area contributed by atoms with E-state index in [9.17, 15) is 14.4 Å². The van der Waals surface area contributed by atoms with Crippen LogP contribution >= 0.6 is 0 Å². The molecule has 1 N–H and O–H groups in total. The number of carbonyl (C=O) groups is 3. The van der Waals surface area contributed by atoms with Gasteiger partial charge in [-0.3, -0.25) is 19.3 Å². The van der Waals surface area contributed by atoms with E-state index in [0.717, 1.165) is 11.3 Å². The molecule has 0 saturated heterocycles. The van der Waals surface area contributed by atoms with Crippen LogP contribution in [0.2, 0.25) is 0 Å². The molecule has 2 aliphatic heterocycles. The Morgan fingerprint density at radius 3 is 2.38 bits per heavy atom. The molecule has 2 amide bonds. The third kappa shape index (κ3) is 2.24. The summed E-state index contributed by atoms with van der Waals surface area (Å²) in [6, 6.07) is 14.7. The summed E-state index contributed by atoms with van der Waals surface area (Å²) in [5.74, 6) is -0.663. The number of aryl methyl sites for hydroxylation is 1. The summed E-state index contributed by atoms with van der Waals surface area (Å²) in [5, 5.41) is 2.91. The van der Waals surface area contributed by atoms with E-state index >= 15 is 0 Å². The molecule has 1 atom stereocenters. The Kier molecular flexibility index (Phi) is 3.49. The number of para-hydroxylation sites is 1. The minimum absolute atomic E-state index is 0.0716. The van der Waals surface area contributed by atoms with Crippen molar-refractivity contribution in [3.05, 3.63) is 76.5 Å². The first-order valence-corrected chi connectivity index (χ1v) is 9.85. The number of nitrogens with zero attached hydrogens (tertiary/aromatic N) is 1. The molecule has 0 bridgehead atoms. The molecule has 29 heavy (non-hydrogen) atoms. The third-order valence-electron chi connectivity index (χ3n) is 6.25. The van der Waals surface area contributed by atoms with Crippen LogP contribution in [0.3, 0.4) is 0 Å². The van der Waals surface area contributed by atoms with Crippen molar-refractivity contribution in [2.24, 2.45) is 5.41 Å². The zero-order valence-corrected chi connectivity index (χ0v) is 16.7. The zero-order valence-electron chi connectivity index (χ0n) is 16.7. The summed E-state index contributed by atoms with van der Waals surface area (Å²) in [6.45, 7) is 6.04. The van der Waals surface area contributed by atoms with E-state index in [-0.39, 0.29) is 23.0 Å². The molecule has 0 fully saturated rings. The predicted octanol–water partition coefficient (Wildman–Crippen LogP) is 3.62. The van der Waals surface area contributed by atoms with Gasteiger partial charge in [0, 0.05) is 23.2 Å². The van der Waals surface area contributed by atoms with Gasteiger partial charge in [0.2, 0.25) is 0 Å². The highest BCUT2D eigenvalue weighted by Crippen LogP contribution is 2.53. The molecule has 1 spiro atoms. The average Bonchev–Trinajstić information content (AvgIpc) is 3.08. The minimum Gasteiger partial charge on any atom is -0.330 e. The number of hydrogen-bond acceptors (Lipinski definition) is 3. The quantitative estimate of drug-likeness (QED) is 0.814. The number of Topliss-reactive ketones (excluding diaryl/α,β-unsaturated/α-hetero) is 1. The Bertz CT molecular complexity index is 1140. The van der Waals surface area contributed by atoms with Gasteiger partial charge in [0.25, 0.3) is 11.8 Å². The smallest absolute Gasteiger partial charge is 0.266 e. The highest BCUT2D eigenvalue weighted by Gasteiger charge is 2.63. The number of carbonyl (C=O) groups excluding carboxylic acids is 3. The molecule has 1 unspecified atom stereocenters. The number of hydrogen-bond donors (Lipinski definition) is 1. The molecular formula is C24H22N2O3. The van der Waals surface area contributed by atoms with Gasteiger partial charge in [-0.25, -0.2) is 0 Å². The largest absolute Gasteiger partial charge is 0.330 e. The van der Waals surface area contributed by atoms with Gasteiger partial charge in [0.05, 0.1) is 11.3 Å². The van der Waals surface area contributed by atoms with E-state index in [1.54, 1.807) is 23.1 Å². The lowest BCUT2D eigenvalue weighted by Gasteiger charge is -2.33. The number of allylic oxidation sites excluding steroid dienone is 1. The molecule has 5 nitrogen and oxygen atoms in total. The zero-order chi connectivity index (χ0) is 20.6. The van der Waals surface area contributed by atoms with E-state index in [2.05, 4.69) is 5.32 Å². The number of nitrogens with one attached hydrogen (secondary N) is 1. The number of rotatable bonds is 1. The summed E-state index contributed by atoms with van der Waals surface area (Å²) in [4.78, 5) is 41.9. The third-order valence-corrected chi connectivity index (χ3v) is 6.25. The van der Waals surface area contributed by atoms with Crippen LogP contribution in [-0.2, 0) is 15.1 Å². The fourth-order valence-electron chi connectivity index (χ4n) is 5.05. The molecule has 0 radical (unpaired) electrons. The Balaban J connectivity index is 1.83. The van der Waals surface area contributed by atoms with Crippen LogP contribution in [0.5, 0.6) is 0 Å². The highest BCUT2D eigenvalue weighted by molar-refractivity contribution is 6.23. The summed E-state index contributed by atoms with van der Waals surface area (Å²) in [7, 11) is 0. The van der Waals surface area contributed by atoms with Gasteiger partial charge in [-0.2, -0.15) is 0 Å². The SMILES string of the molecule is Cc1ccccc1N1C(=O)C2(NC(=O)c3ccccc32)C2=C1CC(C)(C)CC2=O. The van der Waals surface area contributed by atoms with Gasteiger partial charge < -0.3 is 5.32 Å². The first-order chi connectivity index (χ1) is 13.8. The number of fused-ring (bicyclic) bond motifs is 3. The van der Waals surface area contributed by atoms with Gasteiger partial charge in [0.1, 0.15) is 0 Å². The Morgan fingerprint density at radius 2 is 1.62 bits per heavy atom. The van der Waals surface area contributed by atoms with Crippen molar-refractivity contribution in [2.45, 2.75) is 39.2 Å². The molecule has 0 saturated carbocycles. The van der Waals surface area contributed by atoms with Crippen molar-refractivity contribution in [1.29, 1.82) is 0 Å². The molecule has 2 aromatic carbocycles. The van der Waals surface area contributed by atoms with E-state index in [0.29, 0.717) is 35.2 Å². The fraction of sp³-hybridized carbons (Fsp3) is 0.292. The van der Waals surface area contributed by atoms with Crippen molar-refractivity contribution in [3.63, 3.8) is 0 Å². The normalized spacial score (nSPS) is 24.8. The van der Waals surface area contributed by atoms with E-state index in [1.165, 1.54) is 0 Å². The molecule has 1 aliphatic carbocycles. The van der Waals surface area contributed by atoms with Crippen LogP contribution in [0.4, 0.5) is 5.69 Å². The fourth-order valence-corrected chi connectivity index (χ4v) is 5.05. The van der Waals surface area contributed by atoms with Crippen LogP contribution in [0.1, 0.15) is 48.2 Å². The lowest BCUT2D eigenvalue weighted by molar-refractivity contribution is -0.124. The van der Waals surface area contributed by atoms with Crippen LogP contribution in [0.15, 0.2) is 59.8 Å². The molecule has 5 heteroatoms. The van der Waals surface area contributed by atoms with Crippen molar-refractivity contribution in [3.8, 4) is 0 Å². The first kappa shape index (κ1) is 17.9. The molecule has 5 rings (SSSR count). The molecule has 0 aromatic heterocycles. The average molecular weight is 386 g/mol. The van der Waals surface area contributed by atoms with Gasteiger partial charge in [0.15, 0.2) is 11.3 Å². The van der Waals surface area contributed by atoms with Crippen LogP contribution in [-0.4, -0.2) is 17.6 Å². The van der Waals surface area contributed by atoms with Crippen LogP contribution in [0.25, 0.3) is 0 Å². The van der Waals surface area contributed by atoms with Gasteiger partial charge in [-0.05, 0) is 36.5 Å². The van der Waals surface area contributed by atoms with Crippen LogP contribution in [0, 0.1) is 12.3 Å². The Hall–Kier alpha value is -3.21. The lowest BCUT2D eigenvalue weighted by atomic mass is 9.71. The molecule has 3 aliphatic rings. The maximum atomic E-state index is 14.0. The number of anilines is 1. The van der Waals surface area contributed by atoms with Gasteiger partial charge in [-0.1, -0.05) is 50.2 Å². The summed E-state index contributed by atoms with van der Waals surface area (Å²) in [5.41, 5.74) is 2.18. The Labute approximate surface area is 169 Å². The van der Waals surface area contributed by atoms with Crippen molar-refractivity contribution < 1.29 is 14.4 Å². The maximum Gasteiger partial charge on any atom is 0.266 e. The standard InChI is InChI=1S/C24H22N2O3/c1-14-8-4-7-11-17(14)26-18-12-23(2,3)13-19(27)20(18)24(22(26)29)16-10-6-5-9-15(16)21(28)25-24/h4-11H,12-13H2,1-3H3,(H,25,28). The molecule has 2 aromatic rings. The van der Waals surface area contributed by atoms with Crippen molar-refractivity contribution in [2.75, 3.05) is 4.90 Å². The summed E-state index contributed by atoms with van der Waals surface area (Å²) < 4.78 is 0. The molecular weight excluding hydrogens is 364 g/mol. The second-order valence-electron chi connectivity index (χ2n) is 8.94. The second kappa shape index (κ2) is 5.66. The van der Waals surface area contributed by atoms with E-state index in [4.69, 9.17) is 0 Å². The number of amides is 2. The molecule has 2 heterocycles. The predicted molar refractivity (Wildman–Crippen MR) is 109 cm³/mol. The van der Waals surface area contributed by atoms with Crippen LogP contribution < -0.4 is 10.2 Å². The van der Waals surface area contributed by atoms with Gasteiger partial charge >= 0.3 is 0 Å². The van der Waals surface area contributed by atoms with Crippen molar-refractivity contribution >= 4 is 23.3 Å². The Morgan fingerprint density at radius 1 is 0.931 bits per heavy atom. The van der Waals surface area contributed by atoms with E-state index < -0.39 is 5.54 Å². The van der Waals surface area contributed by atoms with E-state index in [1.807, 2.05) is 51.1 Å². The minimum atomic E-state index is -1.43. The second-order valence-corrected chi connectivity index (χ2v) is 8.94. The maximum absolute atomic E-state index is 14.0. The molecule has 146 valence electrons. The highest BCUT2D eigenvalue weighted by atomic mass is 16.2. The lowest BCUT2D eigenvalue weighted by Crippen LogP contribution is -2.50. The summed E-state index contributed by atoms with van der Waals surface area (Å²) >= 11 is 0. The topological polar surface area (TPSA) is 66.5 Å². The van der Waals surface area contributed by atoms with Gasteiger partial charge in [-0.15, -0.1) is 0 Å². The summed E-state index contributed by atoms with van der Waals surface area (Å²) in [6.07, 6.45) is 0.939.